The average Bonchev–Trinajstić information content (AvgIpc) is 2.67. The van der Waals surface area contributed by atoms with Gasteiger partial charge in [0.15, 0.2) is 0 Å². The summed E-state index contributed by atoms with van der Waals surface area (Å²) in [6.45, 7) is 0.857. The fourth-order valence-corrected chi connectivity index (χ4v) is 0.926. The van der Waals surface area contributed by atoms with Crippen LogP contribution >= 0.6 is 11.6 Å². The van der Waals surface area contributed by atoms with Crippen molar-refractivity contribution in [2.75, 3.05) is 12.4 Å². The molecule has 0 aromatic carbocycles. The van der Waals surface area contributed by atoms with E-state index in [4.69, 9.17) is 11.6 Å². The Morgan fingerprint density at radius 1 is 1.60 bits per heavy atom. The Morgan fingerprint density at radius 3 is 2.80 bits per heavy atom. The third-order valence-corrected chi connectivity index (χ3v) is 1.80. The highest BCUT2D eigenvalue weighted by Crippen LogP contribution is 2.27. The van der Waals surface area contributed by atoms with Crippen molar-refractivity contribution in [1.82, 2.24) is 5.32 Å². The van der Waals surface area contributed by atoms with Gasteiger partial charge < -0.3 is 5.32 Å². The van der Waals surface area contributed by atoms with E-state index in [1.54, 1.807) is 0 Å². The minimum Gasteiger partial charge on any atom is -0.356 e. The van der Waals surface area contributed by atoms with Crippen molar-refractivity contribution in [1.29, 1.82) is 0 Å². The fourth-order valence-electron chi connectivity index (χ4n) is 0.754. The Hall–Kier alpha value is -0.240. The molecular weight excluding hydrogens is 150 g/mol. The Bertz CT molecular complexity index is 123. The number of carbonyl (C=O) groups is 1. The third-order valence-electron chi connectivity index (χ3n) is 1.61. The first-order chi connectivity index (χ1) is 4.83. The van der Waals surface area contributed by atoms with E-state index in [1.807, 2.05) is 0 Å². The van der Waals surface area contributed by atoms with Crippen LogP contribution in [0.2, 0.25) is 0 Å². The highest BCUT2D eigenvalue weighted by atomic mass is 35.5. The SMILES string of the molecule is O=C(CCCl)NCC1CC1. The molecule has 0 aliphatic heterocycles. The van der Waals surface area contributed by atoms with E-state index in [2.05, 4.69) is 5.32 Å². The molecule has 0 atom stereocenters. The van der Waals surface area contributed by atoms with E-state index < -0.39 is 0 Å². The van der Waals surface area contributed by atoms with Gasteiger partial charge in [0.2, 0.25) is 5.91 Å². The van der Waals surface area contributed by atoms with Gasteiger partial charge in [0.05, 0.1) is 0 Å². The number of carbonyl (C=O) groups excluding carboxylic acids is 1. The van der Waals surface area contributed by atoms with Gasteiger partial charge in [-0.2, -0.15) is 0 Å². The molecule has 3 heteroatoms. The molecular formula is C7H12ClNO. The summed E-state index contributed by atoms with van der Waals surface area (Å²) in [6, 6.07) is 0. The second-order valence-corrected chi connectivity index (χ2v) is 3.06. The maximum absolute atomic E-state index is 10.8. The summed E-state index contributed by atoms with van der Waals surface area (Å²) in [4.78, 5) is 10.8. The molecule has 0 unspecified atom stereocenters. The number of halogens is 1. The summed E-state index contributed by atoms with van der Waals surface area (Å²) in [7, 11) is 0. The van der Waals surface area contributed by atoms with Gasteiger partial charge in [0, 0.05) is 18.8 Å². The van der Waals surface area contributed by atoms with Crippen molar-refractivity contribution in [3.05, 3.63) is 0 Å². The zero-order valence-electron chi connectivity index (χ0n) is 5.90. The molecule has 0 saturated heterocycles. The molecule has 1 rings (SSSR count). The number of alkyl halides is 1. The lowest BCUT2D eigenvalue weighted by Gasteiger charge is -2.00. The molecule has 1 aliphatic rings. The summed E-state index contributed by atoms with van der Waals surface area (Å²) in [5.41, 5.74) is 0. The summed E-state index contributed by atoms with van der Waals surface area (Å²) in [5.74, 6) is 1.28. The second kappa shape index (κ2) is 3.81. The normalized spacial score (nSPS) is 16.9. The first-order valence-electron chi connectivity index (χ1n) is 3.65. The van der Waals surface area contributed by atoms with E-state index >= 15 is 0 Å². The molecule has 0 spiro atoms. The van der Waals surface area contributed by atoms with Crippen LogP contribution in [-0.2, 0) is 4.79 Å². The number of hydrogen-bond donors (Lipinski definition) is 1. The van der Waals surface area contributed by atoms with Crippen molar-refractivity contribution in [3.63, 3.8) is 0 Å². The lowest BCUT2D eigenvalue weighted by atomic mass is 10.4. The summed E-state index contributed by atoms with van der Waals surface area (Å²) < 4.78 is 0. The summed E-state index contributed by atoms with van der Waals surface area (Å²) >= 11 is 5.37. The maximum atomic E-state index is 10.8. The van der Waals surface area contributed by atoms with Crippen molar-refractivity contribution in [3.8, 4) is 0 Å². The van der Waals surface area contributed by atoms with Gasteiger partial charge in [-0.25, -0.2) is 0 Å². The summed E-state index contributed by atoms with van der Waals surface area (Å²) in [6.07, 6.45) is 3.01. The van der Waals surface area contributed by atoms with Crippen LogP contribution < -0.4 is 5.32 Å². The van der Waals surface area contributed by atoms with Gasteiger partial charge in [-0.05, 0) is 18.8 Å². The summed E-state index contributed by atoms with van der Waals surface area (Å²) in [5, 5.41) is 2.82. The largest absolute Gasteiger partial charge is 0.356 e. The Kier molecular flexibility index (Phi) is 3.00. The molecule has 0 radical (unpaired) electrons. The number of nitrogens with one attached hydrogen (secondary N) is 1. The first-order valence-corrected chi connectivity index (χ1v) is 4.19. The van der Waals surface area contributed by atoms with Crippen LogP contribution in [0.15, 0.2) is 0 Å². The standard InChI is InChI=1S/C7H12ClNO/c8-4-3-7(10)9-5-6-1-2-6/h6H,1-5H2,(H,9,10). The zero-order valence-corrected chi connectivity index (χ0v) is 6.66. The third kappa shape index (κ3) is 3.06. The van der Waals surface area contributed by atoms with E-state index in [1.165, 1.54) is 12.8 Å². The van der Waals surface area contributed by atoms with E-state index in [0.717, 1.165) is 12.5 Å². The minimum atomic E-state index is 0.0851. The van der Waals surface area contributed by atoms with Crippen LogP contribution in [0.5, 0.6) is 0 Å². The molecule has 1 amide bonds. The van der Waals surface area contributed by atoms with Crippen LogP contribution in [0, 0.1) is 5.92 Å². The van der Waals surface area contributed by atoms with Gasteiger partial charge in [0.1, 0.15) is 0 Å². The van der Waals surface area contributed by atoms with Gasteiger partial charge in [-0.3, -0.25) is 4.79 Å². The lowest BCUT2D eigenvalue weighted by Crippen LogP contribution is -2.25. The van der Waals surface area contributed by atoms with Crippen LogP contribution in [-0.4, -0.2) is 18.3 Å². The Morgan fingerprint density at radius 2 is 2.30 bits per heavy atom. The van der Waals surface area contributed by atoms with E-state index in [-0.39, 0.29) is 5.91 Å². The monoisotopic (exact) mass is 161 g/mol. The molecule has 0 bridgehead atoms. The minimum absolute atomic E-state index is 0.0851. The quantitative estimate of drug-likeness (QED) is 0.616. The Labute approximate surface area is 65.9 Å². The van der Waals surface area contributed by atoms with E-state index in [9.17, 15) is 4.79 Å². The molecule has 0 heterocycles. The lowest BCUT2D eigenvalue weighted by molar-refractivity contribution is -0.120. The molecule has 1 N–H and O–H groups in total. The van der Waals surface area contributed by atoms with Crippen LogP contribution in [0.25, 0.3) is 0 Å². The van der Waals surface area contributed by atoms with Crippen molar-refractivity contribution < 1.29 is 4.79 Å². The molecule has 58 valence electrons. The van der Waals surface area contributed by atoms with E-state index in [0.29, 0.717) is 12.3 Å². The van der Waals surface area contributed by atoms with Gasteiger partial charge in [0.25, 0.3) is 0 Å². The number of amides is 1. The van der Waals surface area contributed by atoms with Crippen molar-refractivity contribution in [2.24, 2.45) is 5.92 Å². The highest BCUT2D eigenvalue weighted by molar-refractivity contribution is 6.18. The zero-order chi connectivity index (χ0) is 7.40. The smallest absolute Gasteiger partial charge is 0.221 e. The number of hydrogen-bond acceptors (Lipinski definition) is 1. The van der Waals surface area contributed by atoms with Crippen LogP contribution in [0.1, 0.15) is 19.3 Å². The van der Waals surface area contributed by atoms with Gasteiger partial charge >= 0.3 is 0 Å². The Balaban J connectivity index is 1.94. The molecule has 0 aromatic rings. The van der Waals surface area contributed by atoms with Crippen LogP contribution in [0.3, 0.4) is 0 Å². The second-order valence-electron chi connectivity index (χ2n) is 2.69. The molecule has 0 aromatic heterocycles. The van der Waals surface area contributed by atoms with Gasteiger partial charge in [-0.15, -0.1) is 11.6 Å². The van der Waals surface area contributed by atoms with Gasteiger partial charge in [-0.1, -0.05) is 0 Å². The fraction of sp³-hybridized carbons (Fsp3) is 0.857. The molecule has 2 nitrogen and oxygen atoms in total. The molecule has 10 heavy (non-hydrogen) atoms. The topological polar surface area (TPSA) is 29.1 Å². The molecule has 1 aliphatic carbocycles. The van der Waals surface area contributed by atoms with Crippen molar-refractivity contribution in [2.45, 2.75) is 19.3 Å². The predicted molar refractivity (Wildman–Crippen MR) is 41.1 cm³/mol. The average molecular weight is 162 g/mol. The van der Waals surface area contributed by atoms with Crippen molar-refractivity contribution >= 4 is 17.5 Å². The molecule has 1 saturated carbocycles. The number of rotatable bonds is 4. The van der Waals surface area contributed by atoms with Crippen LogP contribution in [0.4, 0.5) is 0 Å². The maximum Gasteiger partial charge on any atom is 0.221 e. The first kappa shape index (κ1) is 7.86. The molecule has 1 fully saturated rings. The highest BCUT2D eigenvalue weighted by Gasteiger charge is 2.21. The predicted octanol–water partition coefficient (Wildman–Crippen LogP) is 1.14.